The van der Waals surface area contributed by atoms with Crippen LogP contribution in [0.1, 0.15) is 5.56 Å². The van der Waals surface area contributed by atoms with E-state index in [0.717, 1.165) is 10.9 Å². The number of hydrogen-bond acceptors (Lipinski definition) is 8. The molecular formula is C22H11N3O5. The van der Waals surface area contributed by atoms with Crippen molar-refractivity contribution < 1.29 is 13.3 Å². The van der Waals surface area contributed by atoms with Crippen molar-refractivity contribution in [3.05, 3.63) is 74.9 Å². The van der Waals surface area contributed by atoms with Gasteiger partial charge in [0.25, 0.3) is 11.8 Å². The highest BCUT2D eigenvalue weighted by Crippen LogP contribution is 2.31. The van der Waals surface area contributed by atoms with Crippen LogP contribution in [-0.4, -0.2) is 15.2 Å². The van der Waals surface area contributed by atoms with E-state index in [2.05, 4.69) is 15.2 Å². The molecule has 2 aliphatic rings. The topological polar surface area (TPSA) is 112 Å². The van der Waals surface area contributed by atoms with Crippen LogP contribution < -0.4 is 11.3 Å². The van der Waals surface area contributed by atoms with E-state index in [-0.39, 0.29) is 28.3 Å². The van der Waals surface area contributed by atoms with Crippen LogP contribution in [0.2, 0.25) is 0 Å². The Morgan fingerprint density at radius 2 is 1.63 bits per heavy atom. The van der Waals surface area contributed by atoms with Gasteiger partial charge in [-0.25, -0.2) is 14.6 Å². The molecule has 4 aromatic rings. The van der Waals surface area contributed by atoms with Gasteiger partial charge in [-0.15, -0.1) is 10.2 Å². The van der Waals surface area contributed by atoms with Crippen LogP contribution >= 0.6 is 0 Å². The lowest BCUT2D eigenvalue weighted by Gasteiger charge is -2.04. The second-order valence-corrected chi connectivity index (χ2v) is 6.97. The number of aryl methyl sites for hydroxylation is 1. The number of rotatable bonds is 1. The minimum atomic E-state index is -0.704. The zero-order chi connectivity index (χ0) is 20.4. The molecule has 0 aliphatic carbocycles. The zero-order valence-electron chi connectivity index (χ0n) is 15.5. The summed E-state index contributed by atoms with van der Waals surface area (Å²) >= 11 is 0. The molecule has 6 rings (SSSR count). The Morgan fingerprint density at radius 1 is 0.767 bits per heavy atom. The van der Waals surface area contributed by atoms with E-state index in [1.54, 1.807) is 12.1 Å². The summed E-state index contributed by atoms with van der Waals surface area (Å²) in [5.41, 5.74) is 1.25. The van der Waals surface area contributed by atoms with Gasteiger partial charge < -0.3 is 13.3 Å². The summed E-state index contributed by atoms with van der Waals surface area (Å²) in [4.78, 5) is 29.6. The molecule has 30 heavy (non-hydrogen) atoms. The molecule has 0 saturated carbocycles. The fraction of sp³-hybridized carbons (Fsp3) is 0.0455. The lowest BCUT2D eigenvalue weighted by Crippen LogP contribution is -2.09. The zero-order valence-corrected chi connectivity index (χ0v) is 15.5. The van der Waals surface area contributed by atoms with Gasteiger partial charge in [-0.2, -0.15) is 0 Å². The van der Waals surface area contributed by atoms with Crippen molar-refractivity contribution in [1.82, 2.24) is 15.2 Å². The van der Waals surface area contributed by atoms with Crippen molar-refractivity contribution >= 4 is 32.8 Å². The summed E-state index contributed by atoms with van der Waals surface area (Å²) in [6.45, 7) is 1.89. The third-order valence-corrected chi connectivity index (χ3v) is 5.00. The van der Waals surface area contributed by atoms with Crippen molar-refractivity contribution in [3.63, 3.8) is 0 Å². The lowest BCUT2D eigenvalue weighted by atomic mass is 10.1. The molecule has 0 bridgehead atoms. The maximum absolute atomic E-state index is 12.7. The predicted molar refractivity (Wildman–Crippen MR) is 108 cm³/mol. The first kappa shape index (κ1) is 16.6. The molecule has 2 aromatic heterocycles. The van der Waals surface area contributed by atoms with Crippen LogP contribution in [0.5, 0.6) is 0 Å². The first-order valence-corrected chi connectivity index (χ1v) is 9.12. The number of nitrogens with zero attached hydrogens (tertiary/aromatic N) is 3. The Balaban J connectivity index is 1.64. The molecule has 0 saturated heterocycles. The van der Waals surface area contributed by atoms with Gasteiger partial charge >= 0.3 is 11.3 Å². The summed E-state index contributed by atoms with van der Waals surface area (Å²) in [5.74, 6) is 0.145. The van der Waals surface area contributed by atoms with Crippen LogP contribution in [0.25, 0.3) is 55.9 Å². The molecule has 2 aliphatic heterocycles. The number of hydrogen-bond donors (Lipinski definition) is 0. The van der Waals surface area contributed by atoms with Gasteiger partial charge in [0.15, 0.2) is 11.3 Å². The summed E-state index contributed by atoms with van der Waals surface area (Å²) < 4.78 is 16.6. The molecule has 0 atom stereocenters. The van der Waals surface area contributed by atoms with Crippen LogP contribution in [0.3, 0.4) is 0 Å². The van der Waals surface area contributed by atoms with E-state index in [0.29, 0.717) is 22.2 Å². The van der Waals surface area contributed by atoms with Crippen molar-refractivity contribution in [2.75, 3.05) is 0 Å². The minimum Gasteiger partial charge on any atom is -0.422 e. The maximum atomic E-state index is 12.7. The summed E-state index contributed by atoms with van der Waals surface area (Å²) in [6, 6.07) is 14.0. The maximum Gasteiger partial charge on any atom is 0.349 e. The first-order valence-electron chi connectivity index (χ1n) is 9.12. The molecular weight excluding hydrogens is 386 g/mol. The Kier molecular flexibility index (Phi) is 3.23. The van der Waals surface area contributed by atoms with Crippen molar-refractivity contribution in [3.8, 4) is 23.0 Å². The molecule has 4 heterocycles. The average molecular weight is 397 g/mol. The molecule has 0 fully saturated rings. The molecule has 144 valence electrons. The molecule has 2 aromatic carbocycles. The van der Waals surface area contributed by atoms with Crippen molar-refractivity contribution in [2.45, 2.75) is 6.92 Å². The van der Waals surface area contributed by atoms with E-state index in [9.17, 15) is 9.59 Å². The molecule has 0 unspecified atom stereocenters. The quantitative estimate of drug-likeness (QED) is 0.303. The Labute approximate surface area is 166 Å². The van der Waals surface area contributed by atoms with E-state index in [1.165, 1.54) is 6.07 Å². The van der Waals surface area contributed by atoms with Crippen molar-refractivity contribution in [2.24, 2.45) is 0 Å². The van der Waals surface area contributed by atoms with Crippen LogP contribution in [0.15, 0.2) is 71.4 Å². The van der Waals surface area contributed by atoms with E-state index in [4.69, 9.17) is 13.3 Å². The molecule has 0 spiro atoms. The highest BCUT2D eigenvalue weighted by molar-refractivity contribution is 6.01. The first-order chi connectivity index (χ1) is 14.6. The number of fused-ring (bicyclic) bond motifs is 6. The molecule has 0 radical (unpaired) electrons. The standard InChI is InChI=1S/C22H11N3O5/c1-10-6-7-16-12(8-10)18-13(21(26)28-16)9-14(22(27)29-18)19-25-24-17-11-4-2-3-5-15(11)23-20(17)30-19/h2-9H,1H3. The van der Waals surface area contributed by atoms with Gasteiger partial charge in [-0.3, -0.25) is 0 Å². The molecule has 8 heteroatoms. The van der Waals surface area contributed by atoms with Crippen LogP contribution in [-0.2, 0) is 0 Å². The SMILES string of the molecule is Cc1ccc2oc(=O)c3cc(-c4nnc5c6ccccc6nc-5o4)c(=O)oc3c2c1. The minimum absolute atomic E-state index is 0.0386. The largest absolute Gasteiger partial charge is 0.422 e. The van der Waals surface area contributed by atoms with Gasteiger partial charge in [0.2, 0.25) is 0 Å². The van der Waals surface area contributed by atoms with Gasteiger partial charge in [0.1, 0.15) is 16.5 Å². The smallest absolute Gasteiger partial charge is 0.349 e. The lowest BCUT2D eigenvalue weighted by molar-refractivity contribution is 0.515. The van der Waals surface area contributed by atoms with E-state index < -0.39 is 11.3 Å². The Bertz CT molecular complexity index is 1710. The van der Waals surface area contributed by atoms with Gasteiger partial charge in [-0.05, 0) is 31.2 Å². The highest BCUT2D eigenvalue weighted by atomic mass is 16.4. The van der Waals surface area contributed by atoms with E-state index in [1.807, 2.05) is 37.3 Å². The number of benzene rings is 2. The Morgan fingerprint density at radius 3 is 2.53 bits per heavy atom. The Hall–Kier alpha value is -4.33. The number of aromatic nitrogens is 3. The second-order valence-electron chi connectivity index (χ2n) is 6.97. The fourth-order valence-electron chi connectivity index (χ4n) is 3.57. The van der Waals surface area contributed by atoms with E-state index >= 15 is 0 Å². The highest BCUT2D eigenvalue weighted by Gasteiger charge is 2.22. The average Bonchev–Trinajstić information content (AvgIpc) is 3.12. The normalized spacial score (nSPS) is 11.8. The molecule has 0 amide bonds. The fourth-order valence-corrected chi connectivity index (χ4v) is 3.57. The third kappa shape index (κ3) is 2.30. The van der Waals surface area contributed by atoms with Gasteiger partial charge in [-0.1, -0.05) is 29.8 Å². The number of para-hydroxylation sites is 1. The summed E-state index contributed by atoms with van der Waals surface area (Å²) in [6.07, 6.45) is 0. The second kappa shape index (κ2) is 5.84. The predicted octanol–water partition coefficient (Wildman–Crippen LogP) is 3.91. The third-order valence-electron chi connectivity index (χ3n) is 5.00. The molecule has 0 N–H and O–H groups in total. The van der Waals surface area contributed by atoms with Crippen LogP contribution in [0.4, 0.5) is 0 Å². The van der Waals surface area contributed by atoms with Gasteiger partial charge in [0, 0.05) is 5.39 Å². The van der Waals surface area contributed by atoms with Crippen molar-refractivity contribution in [1.29, 1.82) is 0 Å². The van der Waals surface area contributed by atoms with Crippen LogP contribution in [0, 0.1) is 6.92 Å². The molecule has 8 nitrogen and oxygen atoms in total. The summed E-state index contributed by atoms with van der Waals surface area (Å²) in [7, 11) is 0. The van der Waals surface area contributed by atoms with Gasteiger partial charge in [0.05, 0.1) is 10.9 Å². The monoisotopic (exact) mass is 397 g/mol. The summed E-state index contributed by atoms with van der Waals surface area (Å²) in [5, 5.41) is 9.63.